The minimum absolute atomic E-state index is 0.190. The third-order valence-corrected chi connectivity index (χ3v) is 5.21. The molecule has 1 aromatic rings. The molecule has 0 spiro atoms. The molecule has 0 aliphatic carbocycles. The number of aliphatic imine (C=N–C) groups is 1. The number of amides is 1. The van der Waals surface area contributed by atoms with Crippen LogP contribution in [0.15, 0.2) is 34.2 Å². The maximum absolute atomic E-state index is 12.2. The minimum Gasteiger partial charge on any atom is -0.465 e. The summed E-state index contributed by atoms with van der Waals surface area (Å²) in [6.45, 7) is 4.15. The Kier molecular flexibility index (Phi) is 5.04. The first-order valence-electron chi connectivity index (χ1n) is 8.02. The lowest BCUT2D eigenvalue weighted by molar-refractivity contribution is -0.113. The molecule has 0 unspecified atom stereocenters. The Hall–Kier alpha value is -2.08. The summed E-state index contributed by atoms with van der Waals surface area (Å²) in [5, 5.41) is 0.809. The summed E-state index contributed by atoms with van der Waals surface area (Å²) in [7, 11) is 1.35. The molecule has 2 heterocycles. The number of thioether (sulfide) groups is 1. The summed E-state index contributed by atoms with van der Waals surface area (Å²) in [6.07, 6.45) is 4.19. The number of methoxy groups -OCH3 is 1. The molecule has 5 nitrogen and oxygen atoms in total. The number of benzene rings is 1. The summed E-state index contributed by atoms with van der Waals surface area (Å²) in [6, 6.07) is 6.98. The summed E-state index contributed by atoms with van der Waals surface area (Å²) in [5.74, 6) is 0.0756. The van der Waals surface area contributed by atoms with Crippen LogP contribution in [-0.2, 0) is 9.53 Å². The zero-order valence-electron chi connectivity index (χ0n) is 13.8. The van der Waals surface area contributed by atoms with E-state index in [0.717, 1.165) is 30.2 Å². The lowest BCUT2D eigenvalue weighted by Crippen LogP contribution is -2.37. The number of esters is 1. The van der Waals surface area contributed by atoms with E-state index in [4.69, 9.17) is 0 Å². The first-order chi connectivity index (χ1) is 11.6. The van der Waals surface area contributed by atoms with Crippen molar-refractivity contribution in [2.75, 3.05) is 20.2 Å². The monoisotopic (exact) mass is 344 g/mol. The van der Waals surface area contributed by atoms with Crippen molar-refractivity contribution in [2.24, 2.45) is 10.9 Å². The van der Waals surface area contributed by atoms with Crippen molar-refractivity contribution in [1.29, 1.82) is 0 Å². The summed E-state index contributed by atoms with van der Waals surface area (Å²) >= 11 is 1.43. The second-order valence-electron chi connectivity index (χ2n) is 6.12. The van der Waals surface area contributed by atoms with Gasteiger partial charge in [-0.3, -0.25) is 4.79 Å². The quantitative estimate of drug-likeness (QED) is 0.609. The first kappa shape index (κ1) is 16.8. The van der Waals surface area contributed by atoms with Gasteiger partial charge in [0.1, 0.15) is 0 Å². The van der Waals surface area contributed by atoms with Crippen molar-refractivity contribution in [1.82, 2.24) is 4.90 Å². The number of carbonyl (C=O) groups excluding carboxylic acids is 2. The van der Waals surface area contributed by atoms with Crippen molar-refractivity contribution < 1.29 is 14.3 Å². The number of hydrogen-bond donors (Lipinski definition) is 0. The Bertz CT molecular complexity index is 709. The highest BCUT2D eigenvalue weighted by Crippen LogP contribution is 2.32. The number of amidine groups is 1. The highest BCUT2D eigenvalue weighted by molar-refractivity contribution is 8.18. The second kappa shape index (κ2) is 7.21. The smallest absolute Gasteiger partial charge is 0.337 e. The predicted molar refractivity (Wildman–Crippen MR) is 95.8 cm³/mol. The van der Waals surface area contributed by atoms with Gasteiger partial charge in [-0.1, -0.05) is 19.1 Å². The van der Waals surface area contributed by atoms with Crippen LogP contribution in [0.4, 0.5) is 0 Å². The molecule has 0 radical (unpaired) electrons. The number of ether oxygens (including phenoxy) is 1. The Morgan fingerprint density at radius 3 is 2.79 bits per heavy atom. The summed E-state index contributed by atoms with van der Waals surface area (Å²) in [5.41, 5.74) is 1.35. The van der Waals surface area contributed by atoms with Crippen molar-refractivity contribution in [3.8, 4) is 0 Å². The molecule has 24 heavy (non-hydrogen) atoms. The Balaban J connectivity index is 1.71. The lowest BCUT2D eigenvalue weighted by atomic mass is 10.0. The first-order valence-corrected chi connectivity index (χ1v) is 8.84. The van der Waals surface area contributed by atoms with Gasteiger partial charge in [0, 0.05) is 13.1 Å². The SMILES string of the molecule is COC(=O)c1ccc(/C=C2/SC(N3CCC[C@@H](C)C3)=NC2=O)cc1. The van der Waals surface area contributed by atoms with Gasteiger partial charge in [-0.15, -0.1) is 0 Å². The van der Waals surface area contributed by atoms with Crippen LogP contribution in [0.3, 0.4) is 0 Å². The molecule has 6 heteroatoms. The number of rotatable bonds is 2. The maximum atomic E-state index is 12.2. The van der Waals surface area contributed by atoms with E-state index in [1.54, 1.807) is 24.3 Å². The molecule has 126 valence electrons. The van der Waals surface area contributed by atoms with E-state index in [1.807, 2.05) is 6.08 Å². The highest BCUT2D eigenvalue weighted by Gasteiger charge is 2.28. The van der Waals surface area contributed by atoms with Crippen LogP contribution in [0.2, 0.25) is 0 Å². The zero-order chi connectivity index (χ0) is 17.1. The Labute approximate surface area is 145 Å². The average Bonchev–Trinajstić information content (AvgIpc) is 2.96. The fraction of sp³-hybridized carbons (Fsp3) is 0.389. The van der Waals surface area contributed by atoms with Crippen LogP contribution in [0.25, 0.3) is 6.08 Å². The molecule has 1 fully saturated rings. The van der Waals surface area contributed by atoms with Crippen LogP contribution < -0.4 is 0 Å². The van der Waals surface area contributed by atoms with Gasteiger partial charge in [0.25, 0.3) is 5.91 Å². The fourth-order valence-corrected chi connectivity index (χ4v) is 3.83. The van der Waals surface area contributed by atoms with Crippen LogP contribution >= 0.6 is 11.8 Å². The molecular formula is C18H20N2O3S. The zero-order valence-corrected chi connectivity index (χ0v) is 14.6. The van der Waals surface area contributed by atoms with Crippen molar-refractivity contribution >= 4 is 34.9 Å². The van der Waals surface area contributed by atoms with Gasteiger partial charge >= 0.3 is 5.97 Å². The molecular weight excluding hydrogens is 324 g/mol. The molecule has 1 amide bonds. The predicted octanol–water partition coefficient (Wildman–Crippen LogP) is 3.18. The number of piperidine rings is 1. The fourth-order valence-electron chi connectivity index (χ4n) is 2.88. The number of likely N-dealkylation sites (tertiary alicyclic amines) is 1. The molecule has 2 aliphatic heterocycles. The number of nitrogens with zero attached hydrogens (tertiary/aromatic N) is 2. The summed E-state index contributed by atoms with van der Waals surface area (Å²) < 4.78 is 4.68. The third kappa shape index (κ3) is 3.70. The van der Waals surface area contributed by atoms with E-state index < -0.39 is 0 Å². The van der Waals surface area contributed by atoms with Crippen molar-refractivity contribution in [2.45, 2.75) is 19.8 Å². The molecule has 2 aliphatic rings. The Morgan fingerprint density at radius 1 is 1.38 bits per heavy atom. The summed E-state index contributed by atoms with van der Waals surface area (Å²) in [4.78, 5) is 30.6. The topological polar surface area (TPSA) is 59.0 Å². The van der Waals surface area contributed by atoms with E-state index in [9.17, 15) is 9.59 Å². The maximum Gasteiger partial charge on any atom is 0.337 e. The van der Waals surface area contributed by atoms with Gasteiger partial charge in [-0.05, 0) is 54.3 Å². The van der Waals surface area contributed by atoms with Gasteiger partial charge in [0.2, 0.25) is 0 Å². The highest BCUT2D eigenvalue weighted by atomic mass is 32.2. The normalized spacial score (nSPS) is 22.7. The van der Waals surface area contributed by atoms with Crippen LogP contribution in [0.1, 0.15) is 35.7 Å². The van der Waals surface area contributed by atoms with Crippen LogP contribution in [-0.4, -0.2) is 42.1 Å². The number of carbonyl (C=O) groups is 2. The van der Waals surface area contributed by atoms with Crippen LogP contribution in [0.5, 0.6) is 0 Å². The van der Waals surface area contributed by atoms with Crippen LogP contribution in [0, 0.1) is 5.92 Å². The van der Waals surface area contributed by atoms with Gasteiger partial charge < -0.3 is 9.64 Å². The van der Waals surface area contributed by atoms with E-state index >= 15 is 0 Å². The molecule has 1 atom stereocenters. The standard InChI is InChI=1S/C18H20N2O3S/c1-12-4-3-9-20(11-12)18-19-16(21)15(24-18)10-13-5-7-14(8-6-13)17(22)23-2/h5-8,10,12H,3-4,9,11H2,1-2H3/b15-10+/t12-/m1/s1. The van der Waals surface area contributed by atoms with Crippen molar-refractivity contribution in [3.63, 3.8) is 0 Å². The molecule has 1 saturated heterocycles. The minimum atomic E-state index is -0.370. The molecule has 3 rings (SSSR count). The third-order valence-electron chi connectivity index (χ3n) is 4.17. The van der Waals surface area contributed by atoms with Gasteiger partial charge in [-0.2, -0.15) is 4.99 Å². The molecule has 0 bridgehead atoms. The number of hydrogen-bond acceptors (Lipinski definition) is 5. The van der Waals surface area contributed by atoms with E-state index in [1.165, 1.54) is 25.3 Å². The average molecular weight is 344 g/mol. The Morgan fingerprint density at radius 2 is 2.12 bits per heavy atom. The van der Waals surface area contributed by atoms with Gasteiger partial charge in [0.15, 0.2) is 5.17 Å². The second-order valence-corrected chi connectivity index (χ2v) is 7.13. The molecule has 0 N–H and O–H groups in total. The van der Waals surface area contributed by atoms with E-state index in [-0.39, 0.29) is 11.9 Å². The van der Waals surface area contributed by atoms with E-state index in [0.29, 0.717) is 16.4 Å². The lowest BCUT2D eigenvalue weighted by Gasteiger charge is -2.31. The molecule has 1 aromatic carbocycles. The van der Waals surface area contributed by atoms with E-state index in [2.05, 4.69) is 21.6 Å². The van der Waals surface area contributed by atoms with Gasteiger partial charge in [0.05, 0.1) is 17.6 Å². The van der Waals surface area contributed by atoms with Gasteiger partial charge in [-0.25, -0.2) is 4.79 Å². The molecule has 0 aromatic heterocycles. The largest absolute Gasteiger partial charge is 0.465 e. The van der Waals surface area contributed by atoms with Crippen molar-refractivity contribution in [3.05, 3.63) is 40.3 Å². The molecule has 0 saturated carbocycles.